The molecule has 6 nitrogen and oxygen atoms in total. The molecule has 1 saturated heterocycles. The van der Waals surface area contributed by atoms with Crippen molar-refractivity contribution in [2.24, 2.45) is 0 Å². The van der Waals surface area contributed by atoms with Crippen molar-refractivity contribution in [1.29, 1.82) is 0 Å². The maximum atomic E-state index is 12.7. The van der Waals surface area contributed by atoms with E-state index in [0.29, 0.717) is 16.9 Å². The Balaban J connectivity index is 1.47. The van der Waals surface area contributed by atoms with Crippen molar-refractivity contribution in [1.82, 2.24) is 9.21 Å². The Bertz CT molecular complexity index is 960. The molecule has 1 heterocycles. The van der Waals surface area contributed by atoms with E-state index in [1.54, 1.807) is 12.1 Å². The van der Waals surface area contributed by atoms with Gasteiger partial charge in [-0.1, -0.05) is 24.3 Å². The smallest absolute Gasteiger partial charge is 0.243 e. The molecule has 1 aliphatic heterocycles. The number of piperazine rings is 1. The molecule has 32 heavy (non-hydrogen) atoms. The van der Waals surface area contributed by atoms with Crippen LogP contribution in [0.4, 0.5) is 5.69 Å². The Morgan fingerprint density at radius 3 is 2.34 bits per heavy atom. The summed E-state index contributed by atoms with van der Waals surface area (Å²) in [7, 11) is -0.489. The maximum absolute atomic E-state index is 12.7. The van der Waals surface area contributed by atoms with E-state index in [2.05, 4.69) is 34.1 Å². The van der Waals surface area contributed by atoms with Gasteiger partial charge in [-0.3, -0.25) is 4.90 Å². The van der Waals surface area contributed by atoms with Crippen LogP contribution in [0.3, 0.4) is 0 Å². The molecule has 2 aromatic rings. The van der Waals surface area contributed by atoms with Crippen molar-refractivity contribution in [3.8, 4) is 0 Å². The third kappa shape index (κ3) is 6.26. The SMILES string of the molecule is CSc1ccc(C(O)CCCCN2CCN(c3ccccc3)CC2)cc1S(=O)(=O)N(C)C. The van der Waals surface area contributed by atoms with Crippen molar-refractivity contribution in [3.63, 3.8) is 0 Å². The Labute approximate surface area is 197 Å². The summed E-state index contributed by atoms with van der Waals surface area (Å²) in [5.41, 5.74) is 1.96. The van der Waals surface area contributed by atoms with Gasteiger partial charge in [0.1, 0.15) is 0 Å². The number of anilines is 1. The number of aliphatic hydroxyl groups is 1. The molecule has 1 unspecified atom stereocenters. The normalized spacial score (nSPS) is 16.5. The molecular weight excluding hydrogens is 442 g/mol. The average Bonchev–Trinajstić information content (AvgIpc) is 2.82. The largest absolute Gasteiger partial charge is 0.388 e. The van der Waals surface area contributed by atoms with Crippen molar-refractivity contribution < 1.29 is 13.5 Å². The molecule has 2 aromatic carbocycles. The highest BCUT2D eigenvalue weighted by Crippen LogP contribution is 2.31. The molecule has 1 aliphatic rings. The highest BCUT2D eigenvalue weighted by Gasteiger charge is 2.23. The first kappa shape index (κ1) is 25.1. The summed E-state index contributed by atoms with van der Waals surface area (Å²) >= 11 is 1.40. The monoisotopic (exact) mass is 477 g/mol. The van der Waals surface area contributed by atoms with E-state index in [0.717, 1.165) is 45.6 Å². The Kier molecular flexibility index (Phi) is 9.02. The van der Waals surface area contributed by atoms with Crippen LogP contribution < -0.4 is 4.90 Å². The zero-order valence-corrected chi connectivity index (χ0v) is 20.9. The highest BCUT2D eigenvalue weighted by molar-refractivity contribution is 7.99. The van der Waals surface area contributed by atoms with Gasteiger partial charge in [0.15, 0.2) is 0 Å². The number of thioether (sulfide) groups is 1. The molecular formula is C24H35N3O3S2. The van der Waals surface area contributed by atoms with E-state index in [1.807, 2.05) is 18.4 Å². The van der Waals surface area contributed by atoms with Gasteiger partial charge in [0, 0.05) is 50.9 Å². The fraction of sp³-hybridized carbons (Fsp3) is 0.500. The molecule has 0 saturated carbocycles. The second-order valence-corrected chi connectivity index (χ2v) is 11.3. The number of unbranched alkanes of at least 4 members (excludes halogenated alkanes) is 1. The number of hydrogen-bond acceptors (Lipinski definition) is 6. The van der Waals surface area contributed by atoms with Gasteiger partial charge in [-0.25, -0.2) is 12.7 Å². The van der Waals surface area contributed by atoms with Crippen LogP contribution in [0, 0.1) is 0 Å². The standard InChI is InChI=1S/C24H35N3O3S2/c1-25(2)32(29,30)24-19-20(12-13-23(24)31-3)22(28)11-7-8-14-26-15-17-27(18-16-26)21-9-5-4-6-10-21/h4-6,9-10,12-13,19,22,28H,7-8,11,14-18H2,1-3H3. The summed E-state index contributed by atoms with van der Waals surface area (Å²) in [6.07, 6.45) is 3.76. The van der Waals surface area contributed by atoms with E-state index in [1.165, 1.54) is 35.8 Å². The van der Waals surface area contributed by atoms with E-state index in [9.17, 15) is 13.5 Å². The van der Waals surface area contributed by atoms with E-state index in [4.69, 9.17) is 0 Å². The summed E-state index contributed by atoms with van der Waals surface area (Å²) in [5, 5.41) is 10.7. The first-order chi connectivity index (χ1) is 15.3. The predicted octanol–water partition coefficient (Wildman–Crippen LogP) is 3.68. The highest BCUT2D eigenvalue weighted by atomic mass is 32.2. The number of nitrogens with zero attached hydrogens (tertiary/aromatic N) is 3. The minimum Gasteiger partial charge on any atom is -0.388 e. The van der Waals surface area contributed by atoms with Crippen LogP contribution in [0.15, 0.2) is 58.3 Å². The Morgan fingerprint density at radius 1 is 1.03 bits per heavy atom. The number of aliphatic hydroxyl groups excluding tert-OH is 1. The average molecular weight is 478 g/mol. The van der Waals surface area contributed by atoms with Gasteiger partial charge in [-0.15, -0.1) is 11.8 Å². The van der Waals surface area contributed by atoms with E-state index in [-0.39, 0.29) is 4.90 Å². The van der Waals surface area contributed by atoms with Crippen LogP contribution in [0.25, 0.3) is 0 Å². The van der Waals surface area contributed by atoms with E-state index >= 15 is 0 Å². The van der Waals surface area contributed by atoms with Crippen LogP contribution in [0.2, 0.25) is 0 Å². The lowest BCUT2D eigenvalue weighted by atomic mass is 10.0. The van der Waals surface area contributed by atoms with E-state index < -0.39 is 16.1 Å². The van der Waals surface area contributed by atoms with Crippen molar-refractivity contribution >= 4 is 27.5 Å². The van der Waals surface area contributed by atoms with Crippen molar-refractivity contribution in [2.45, 2.75) is 35.2 Å². The summed E-state index contributed by atoms with van der Waals surface area (Å²) in [4.78, 5) is 5.88. The maximum Gasteiger partial charge on any atom is 0.243 e. The molecule has 0 radical (unpaired) electrons. The van der Waals surface area contributed by atoms with Crippen LogP contribution in [0.1, 0.15) is 30.9 Å². The third-order valence-electron chi connectivity index (χ3n) is 6.03. The Hall–Kier alpha value is -1.58. The van der Waals surface area contributed by atoms with Gasteiger partial charge >= 0.3 is 0 Å². The molecule has 1 fully saturated rings. The number of hydrogen-bond donors (Lipinski definition) is 1. The van der Waals surface area contributed by atoms with Crippen LogP contribution in [-0.4, -0.2) is 75.8 Å². The minimum atomic E-state index is -3.55. The van der Waals surface area contributed by atoms with Gasteiger partial charge in [0.05, 0.1) is 11.0 Å². The lowest BCUT2D eigenvalue weighted by molar-refractivity contribution is 0.159. The molecule has 8 heteroatoms. The number of benzene rings is 2. The van der Waals surface area contributed by atoms with Crippen LogP contribution in [0.5, 0.6) is 0 Å². The predicted molar refractivity (Wildman–Crippen MR) is 133 cm³/mol. The first-order valence-electron chi connectivity index (χ1n) is 11.1. The second-order valence-electron chi connectivity index (χ2n) is 8.37. The zero-order valence-electron chi connectivity index (χ0n) is 19.3. The number of sulfonamides is 1. The van der Waals surface area contributed by atoms with Crippen molar-refractivity contribution in [2.75, 3.05) is 58.0 Å². The molecule has 0 aliphatic carbocycles. The van der Waals surface area contributed by atoms with Gasteiger partial charge in [-0.05, 0) is 61.9 Å². The molecule has 1 atom stereocenters. The first-order valence-corrected chi connectivity index (χ1v) is 13.8. The fourth-order valence-corrected chi connectivity index (χ4v) is 6.04. The third-order valence-corrected chi connectivity index (χ3v) is 8.81. The minimum absolute atomic E-state index is 0.267. The Morgan fingerprint density at radius 2 is 1.72 bits per heavy atom. The van der Waals surface area contributed by atoms with Crippen LogP contribution >= 0.6 is 11.8 Å². The fourth-order valence-electron chi connectivity index (χ4n) is 4.01. The molecule has 0 amide bonds. The van der Waals surface area contributed by atoms with Gasteiger partial charge in [0.25, 0.3) is 0 Å². The molecule has 0 bridgehead atoms. The van der Waals surface area contributed by atoms with Gasteiger partial charge < -0.3 is 10.0 Å². The zero-order chi connectivity index (χ0) is 23.1. The lowest BCUT2D eigenvalue weighted by Crippen LogP contribution is -2.46. The molecule has 0 spiro atoms. The number of rotatable bonds is 10. The topological polar surface area (TPSA) is 64.1 Å². The second kappa shape index (κ2) is 11.5. The summed E-state index contributed by atoms with van der Waals surface area (Å²) in [5.74, 6) is 0. The lowest BCUT2D eigenvalue weighted by Gasteiger charge is -2.36. The molecule has 3 rings (SSSR count). The van der Waals surface area contributed by atoms with Crippen molar-refractivity contribution in [3.05, 3.63) is 54.1 Å². The van der Waals surface area contributed by atoms with Gasteiger partial charge in [0.2, 0.25) is 10.0 Å². The summed E-state index contributed by atoms with van der Waals surface area (Å²) in [6.45, 7) is 5.22. The van der Waals surface area contributed by atoms with Crippen LogP contribution in [-0.2, 0) is 10.0 Å². The molecule has 176 valence electrons. The van der Waals surface area contributed by atoms with Gasteiger partial charge in [-0.2, -0.15) is 0 Å². The summed E-state index contributed by atoms with van der Waals surface area (Å²) < 4.78 is 26.5. The molecule has 0 aromatic heterocycles. The summed E-state index contributed by atoms with van der Waals surface area (Å²) in [6, 6.07) is 15.8. The quantitative estimate of drug-likeness (QED) is 0.416. The molecule has 1 N–H and O–H groups in total. The number of para-hydroxylation sites is 1.